The molecular weight excluding hydrogens is 234 g/mol. The summed E-state index contributed by atoms with van der Waals surface area (Å²) >= 11 is 5.95. The third-order valence-corrected chi connectivity index (χ3v) is 3.00. The van der Waals surface area contributed by atoms with Gasteiger partial charge in [-0.25, -0.2) is 9.97 Å². The number of aromatic nitrogens is 2. The van der Waals surface area contributed by atoms with Gasteiger partial charge in [-0.3, -0.25) is 0 Å². The van der Waals surface area contributed by atoms with E-state index < -0.39 is 0 Å². The highest BCUT2D eigenvalue weighted by Gasteiger charge is 2.05. The van der Waals surface area contributed by atoms with Crippen LogP contribution in [0.15, 0.2) is 30.6 Å². The summed E-state index contributed by atoms with van der Waals surface area (Å²) in [5, 5.41) is 3.73. The van der Waals surface area contributed by atoms with Crippen molar-refractivity contribution in [2.75, 3.05) is 5.32 Å². The standard InChI is InChI=1S/C13H14ClN3/c1-3-10-5-4-6-11(7-10)17-13-9(2)12(14)15-8-16-13/h4-8H,3H2,1-2H3,(H,15,16,17). The van der Waals surface area contributed by atoms with Gasteiger partial charge in [0.15, 0.2) is 0 Å². The first kappa shape index (κ1) is 11.9. The Balaban J connectivity index is 2.28. The highest BCUT2D eigenvalue weighted by atomic mass is 35.5. The second-order valence-electron chi connectivity index (χ2n) is 3.82. The van der Waals surface area contributed by atoms with E-state index >= 15 is 0 Å². The van der Waals surface area contributed by atoms with Gasteiger partial charge in [0.1, 0.15) is 17.3 Å². The Kier molecular flexibility index (Phi) is 3.59. The van der Waals surface area contributed by atoms with Crippen LogP contribution in [-0.2, 0) is 6.42 Å². The summed E-state index contributed by atoms with van der Waals surface area (Å²) < 4.78 is 0. The third kappa shape index (κ3) is 2.74. The first-order valence-electron chi connectivity index (χ1n) is 5.53. The smallest absolute Gasteiger partial charge is 0.138 e. The van der Waals surface area contributed by atoms with E-state index in [1.54, 1.807) is 0 Å². The quantitative estimate of drug-likeness (QED) is 0.840. The molecule has 17 heavy (non-hydrogen) atoms. The van der Waals surface area contributed by atoms with Crippen LogP contribution in [0.3, 0.4) is 0 Å². The Morgan fingerprint density at radius 2 is 2.12 bits per heavy atom. The molecule has 1 heterocycles. The van der Waals surface area contributed by atoms with Crippen molar-refractivity contribution < 1.29 is 0 Å². The number of hydrogen-bond acceptors (Lipinski definition) is 3. The monoisotopic (exact) mass is 247 g/mol. The van der Waals surface area contributed by atoms with Crippen molar-refractivity contribution in [1.82, 2.24) is 9.97 Å². The molecule has 0 aliphatic carbocycles. The minimum atomic E-state index is 0.481. The van der Waals surface area contributed by atoms with Crippen LogP contribution in [0.4, 0.5) is 11.5 Å². The Labute approximate surface area is 106 Å². The average Bonchev–Trinajstić information content (AvgIpc) is 2.35. The molecule has 1 aromatic carbocycles. The van der Waals surface area contributed by atoms with Gasteiger partial charge in [0.05, 0.1) is 0 Å². The lowest BCUT2D eigenvalue weighted by Crippen LogP contribution is -1.98. The van der Waals surface area contributed by atoms with Crippen LogP contribution in [-0.4, -0.2) is 9.97 Å². The third-order valence-electron chi connectivity index (χ3n) is 2.62. The Hall–Kier alpha value is -1.61. The lowest BCUT2D eigenvalue weighted by Gasteiger charge is -2.09. The predicted octanol–water partition coefficient (Wildman–Crippen LogP) is 3.74. The molecule has 0 radical (unpaired) electrons. The van der Waals surface area contributed by atoms with Crippen molar-refractivity contribution >= 4 is 23.1 Å². The van der Waals surface area contributed by atoms with Crippen LogP contribution in [0, 0.1) is 6.92 Å². The van der Waals surface area contributed by atoms with E-state index in [1.807, 2.05) is 19.1 Å². The van der Waals surface area contributed by atoms with Crippen LogP contribution < -0.4 is 5.32 Å². The Morgan fingerprint density at radius 3 is 2.88 bits per heavy atom. The van der Waals surface area contributed by atoms with E-state index in [0.717, 1.165) is 23.5 Å². The number of hydrogen-bond donors (Lipinski definition) is 1. The molecule has 3 nitrogen and oxygen atoms in total. The van der Waals surface area contributed by atoms with E-state index in [2.05, 4.69) is 34.3 Å². The van der Waals surface area contributed by atoms with Gasteiger partial charge < -0.3 is 5.32 Å². The zero-order valence-electron chi connectivity index (χ0n) is 9.87. The minimum Gasteiger partial charge on any atom is -0.340 e. The number of nitrogens with one attached hydrogen (secondary N) is 1. The molecule has 0 aliphatic rings. The van der Waals surface area contributed by atoms with Crippen molar-refractivity contribution in [2.45, 2.75) is 20.3 Å². The van der Waals surface area contributed by atoms with Crippen LogP contribution >= 0.6 is 11.6 Å². The molecule has 0 saturated heterocycles. The first-order valence-corrected chi connectivity index (χ1v) is 5.91. The average molecular weight is 248 g/mol. The highest BCUT2D eigenvalue weighted by molar-refractivity contribution is 6.30. The Bertz CT molecular complexity index is 526. The van der Waals surface area contributed by atoms with Crippen LogP contribution in [0.2, 0.25) is 5.15 Å². The molecule has 0 fully saturated rings. The van der Waals surface area contributed by atoms with Crippen molar-refractivity contribution in [2.24, 2.45) is 0 Å². The Morgan fingerprint density at radius 1 is 1.29 bits per heavy atom. The van der Waals surface area contributed by atoms with E-state index in [9.17, 15) is 0 Å². The molecule has 4 heteroatoms. The van der Waals surface area contributed by atoms with Crippen molar-refractivity contribution in [3.8, 4) is 0 Å². The van der Waals surface area contributed by atoms with Gasteiger partial charge in [-0.2, -0.15) is 0 Å². The number of rotatable bonds is 3. The zero-order chi connectivity index (χ0) is 12.3. The normalized spacial score (nSPS) is 10.3. The van der Waals surface area contributed by atoms with Crippen molar-refractivity contribution in [3.63, 3.8) is 0 Å². The molecule has 88 valence electrons. The topological polar surface area (TPSA) is 37.8 Å². The largest absolute Gasteiger partial charge is 0.340 e. The van der Waals surface area contributed by atoms with Gasteiger partial charge >= 0.3 is 0 Å². The fourth-order valence-electron chi connectivity index (χ4n) is 1.56. The summed E-state index contributed by atoms with van der Waals surface area (Å²) in [6, 6.07) is 8.24. The maximum atomic E-state index is 5.95. The van der Waals surface area contributed by atoms with Crippen LogP contribution in [0.25, 0.3) is 0 Å². The fraction of sp³-hybridized carbons (Fsp3) is 0.231. The minimum absolute atomic E-state index is 0.481. The molecule has 2 aromatic rings. The summed E-state index contributed by atoms with van der Waals surface area (Å²) in [7, 11) is 0. The van der Waals surface area contributed by atoms with Gasteiger partial charge in [0.2, 0.25) is 0 Å². The molecule has 0 aliphatic heterocycles. The maximum absolute atomic E-state index is 5.95. The fourth-order valence-corrected chi connectivity index (χ4v) is 1.69. The predicted molar refractivity (Wildman–Crippen MR) is 70.9 cm³/mol. The number of halogens is 1. The molecule has 0 atom stereocenters. The lowest BCUT2D eigenvalue weighted by molar-refractivity contribution is 1.12. The molecule has 0 unspecified atom stereocenters. The van der Waals surface area contributed by atoms with Gasteiger partial charge in [-0.15, -0.1) is 0 Å². The number of anilines is 2. The lowest BCUT2D eigenvalue weighted by atomic mass is 10.1. The van der Waals surface area contributed by atoms with Gasteiger partial charge in [0.25, 0.3) is 0 Å². The highest BCUT2D eigenvalue weighted by Crippen LogP contribution is 2.22. The van der Waals surface area contributed by atoms with Crippen molar-refractivity contribution in [3.05, 3.63) is 46.9 Å². The van der Waals surface area contributed by atoms with E-state index in [0.29, 0.717) is 5.15 Å². The molecular formula is C13H14ClN3. The number of nitrogens with zero attached hydrogens (tertiary/aromatic N) is 2. The summed E-state index contributed by atoms with van der Waals surface area (Å²) in [6.07, 6.45) is 2.47. The van der Waals surface area contributed by atoms with E-state index in [1.165, 1.54) is 11.9 Å². The van der Waals surface area contributed by atoms with Gasteiger partial charge in [-0.05, 0) is 31.0 Å². The summed E-state index contributed by atoms with van der Waals surface area (Å²) in [5.74, 6) is 0.748. The van der Waals surface area contributed by atoms with Crippen molar-refractivity contribution in [1.29, 1.82) is 0 Å². The SMILES string of the molecule is CCc1cccc(Nc2ncnc(Cl)c2C)c1. The van der Waals surface area contributed by atoms with E-state index in [4.69, 9.17) is 11.6 Å². The maximum Gasteiger partial charge on any atom is 0.138 e. The number of benzene rings is 1. The molecule has 1 N–H and O–H groups in total. The molecule has 0 spiro atoms. The molecule has 0 bridgehead atoms. The summed E-state index contributed by atoms with van der Waals surface area (Å²) in [6.45, 7) is 4.03. The van der Waals surface area contributed by atoms with Crippen LogP contribution in [0.1, 0.15) is 18.1 Å². The molecule has 0 amide bonds. The summed E-state index contributed by atoms with van der Waals surface area (Å²) in [5.41, 5.74) is 3.16. The molecule has 0 saturated carbocycles. The second-order valence-corrected chi connectivity index (χ2v) is 4.18. The number of aryl methyl sites for hydroxylation is 1. The molecule has 1 aromatic heterocycles. The molecule has 2 rings (SSSR count). The second kappa shape index (κ2) is 5.15. The zero-order valence-corrected chi connectivity index (χ0v) is 10.6. The van der Waals surface area contributed by atoms with Gasteiger partial charge in [0, 0.05) is 11.3 Å². The summed E-state index contributed by atoms with van der Waals surface area (Å²) in [4.78, 5) is 8.11. The van der Waals surface area contributed by atoms with Crippen LogP contribution in [0.5, 0.6) is 0 Å². The first-order chi connectivity index (χ1) is 8.20. The van der Waals surface area contributed by atoms with E-state index in [-0.39, 0.29) is 0 Å². The van der Waals surface area contributed by atoms with Gasteiger partial charge in [-0.1, -0.05) is 30.7 Å².